The lowest BCUT2D eigenvalue weighted by Gasteiger charge is -2.09. The molecule has 27 heavy (non-hydrogen) atoms. The van der Waals surface area contributed by atoms with Crippen molar-refractivity contribution in [3.8, 4) is 5.69 Å². The number of carbonyl (C=O) groups is 1. The zero-order chi connectivity index (χ0) is 18.6. The monoisotopic (exact) mass is 441 g/mol. The van der Waals surface area contributed by atoms with Crippen LogP contribution >= 0.6 is 27.7 Å². The fourth-order valence-electron chi connectivity index (χ4n) is 2.98. The number of para-hydroxylation sites is 1. The van der Waals surface area contributed by atoms with Crippen LogP contribution in [0.2, 0.25) is 0 Å². The highest BCUT2D eigenvalue weighted by Crippen LogP contribution is 2.41. The number of thioether (sulfide) groups is 1. The fraction of sp³-hybridized carbons (Fsp3) is 0.286. The van der Waals surface area contributed by atoms with E-state index in [1.807, 2.05) is 42.5 Å². The molecule has 0 radical (unpaired) electrons. The number of nitrogens with zero attached hydrogens (tertiary/aromatic N) is 3. The standard InChI is InChI=1S/C21H20BrN3OS/c22-17-12-10-15(11-13-17)19(26)7-4-14-27-21-24-23-20(16-8-9-16)25(21)18-5-2-1-3-6-18/h1-3,5-6,10-13,16H,4,7-9,14H2. The van der Waals surface area contributed by atoms with Crippen LogP contribution in [0.3, 0.4) is 0 Å². The van der Waals surface area contributed by atoms with Crippen LogP contribution in [0.15, 0.2) is 64.2 Å². The molecular weight excluding hydrogens is 422 g/mol. The fourth-order valence-corrected chi connectivity index (χ4v) is 4.14. The molecule has 0 unspecified atom stereocenters. The Balaban J connectivity index is 1.39. The molecule has 0 N–H and O–H groups in total. The average molecular weight is 442 g/mol. The Hall–Kier alpha value is -1.92. The topological polar surface area (TPSA) is 47.8 Å². The lowest BCUT2D eigenvalue weighted by atomic mass is 10.1. The molecule has 0 aliphatic heterocycles. The van der Waals surface area contributed by atoms with E-state index in [2.05, 4.69) is 42.8 Å². The number of halogens is 1. The predicted octanol–water partition coefficient (Wildman–Crippen LogP) is 5.66. The van der Waals surface area contributed by atoms with Gasteiger partial charge in [0.25, 0.3) is 0 Å². The van der Waals surface area contributed by atoms with Gasteiger partial charge in [0.1, 0.15) is 5.82 Å². The molecule has 0 bridgehead atoms. The van der Waals surface area contributed by atoms with E-state index in [0.717, 1.165) is 38.9 Å². The first-order valence-corrected chi connectivity index (χ1v) is 10.9. The summed E-state index contributed by atoms with van der Waals surface area (Å²) < 4.78 is 3.17. The second kappa shape index (κ2) is 8.40. The van der Waals surface area contributed by atoms with Crippen molar-refractivity contribution in [1.29, 1.82) is 0 Å². The van der Waals surface area contributed by atoms with E-state index in [-0.39, 0.29) is 5.78 Å². The van der Waals surface area contributed by atoms with Gasteiger partial charge in [0.05, 0.1) is 0 Å². The lowest BCUT2D eigenvalue weighted by molar-refractivity contribution is 0.0982. The second-order valence-corrected chi connectivity index (χ2v) is 8.65. The summed E-state index contributed by atoms with van der Waals surface area (Å²) in [5, 5.41) is 9.78. The molecule has 1 fully saturated rings. The van der Waals surface area contributed by atoms with Crippen molar-refractivity contribution in [3.63, 3.8) is 0 Å². The summed E-state index contributed by atoms with van der Waals surface area (Å²) >= 11 is 5.07. The molecule has 4 rings (SSSR count). The highest BCUT2D eigenvalue weighted by atomic mass is 79.9. The van der Waals surface area contributed by atoms with E-state index >= 15 is 0 Å². The van der Waals surface area contributed by atoms with Gasteiger partial charge in [-0.25, -0.2) is 0 Å². The van der Waals surface area contributed by atoms with Crippen molar-refractivity contribution in [2.45, 2.75) is 36.8 Å². The van der Waals surface area contributed by atoms with Gasteiger partial charge in [-0.2, -0.15) is 0 Å². The Morgan fingerprint density at radius 3 is 2.52 bits per heavy atom. The van der Waals surface area contributed by atoms with Crippen molar-refractivity contribution in [1.82, 2.24) is 14.8 Å². The van der Waals surface area contributed by atoms with Gasteiger partial charge in [-0.1, -0.05) is 58.0 Å². The van der Waals surface area contributed by atoms with E-state index in [1.54, 1.807) is 11.8 Å². The first-order valence-electron chi connectivity index (χ1n) is 9.14. The summed E-state index contributed by atoms with van der Waals surface area (Å²) in [5.74, 6) is 2.63. The SMILES string of the molecule is O=C(CCCSc1nnc(C2CC2)n1-c1ccccc1)c1ccc(Br)cc1. The molecule has 1 heterocycles. The predicted molar refractivity (Wildman–Crippen MR) is 112 cm³/mol. The third kappa shape index (κ3) is 4.50. The van der Waals surface area contributed by atoms with E-state index in [0.29, 0.717) is 12.3 Å². The minimum absolute atomic E-state index is 0.186. The van der Waals surface area contributed by atoms with E-state index < -0.39 is 0 Å². The maximum Gasteiger partial charge on any atom is 0.195 e. The quantitative estimate of drug-likeness (QED) is 0.257. The van der Waals surface area contributed by atoms with Crippen LogP contribution in [-0.4, -0.2) is 26.3 Å². The van der Waals surface area contributed by atoms with Crippen LogP contribution in [0.5, 0.6) is 0 Å². The number of ketones is 1. The number of hydrogen-bond acceptors (Lipinski definition) is 4. The molecular formula is C21H20BrN3OS. The molecule has 0 amide bonds. The molecule has 0 spiro atoms. The Bertz CT molecular complexity index is 920. The maximum absolute atomic E-state index is 12.3. The van der Waals surface area contributed by atoms with Gasteiger partial charge in [-0.05, 0) is 43.5 Å². The summed E-state index contributed by atoms with van der Waals surface area (Å²) in [5.41, 5.74) is 1.88. The molecule has 1 aliphatic rings. The number of rotatable bonds is 8. The van der Waals surface area contributed by atoms with Gasteiger partial charge in [0, 0.05) is 33.8 Å². The van der Waals surface area contributed by atoms with Gasteiger partial charge in [0.15, 0.2) is 10.9 Å². The molecule has 1 saturated carbocycles. The van der Waals surface area contributed by atoms with Gasteiger partial charge in [-0.3, -0.25) is 9.36 Å². The molecule has 0 saturated heterocycles. The van der Waals surface area contributed by atoms with Gasteiger partial charge in [0.2, 0.25) is 0 Å². The molecule has 6 heteroatoms. The third-order valence-corrected chi connectivity index (χ3v) is 6.10. The van der Waals surface area contributed by atoms with E-state index in [4.69, 9.17) is 0 Å². The summed E-state index contributed by atoms with van der Waals surface area (Å²) in [7, 11) is 0. The van der Waals surface area contributed by atoms with Crippen LogP contribution in [0, 0.1) is 0 Å². The van der Waals surface area contributed by atoms with Crippen molar-refractivity contribution in [3.05, 3.63) is 70.5 Å². The first-order chi connectivity index (χ1) is 13.2. The molecule has 4 nitrogen and oxygen atoms in total. The summed E-state index contributed by atoms with van der Waals surface area (Å²) in [4.78, 5) is 12.3. The minimum atomic E-state index is 0.186. The molecule has 1 aromatic heterocycles. The number of carbonyl (C=O) groups excluding carboxylic acids is 1. The number of Topliss-reactive ketones (excluding diaryl/α,β-unsaturated/α-hetero) is 1. The summed E-state index contributed by atoms with van der Waals surface area (Å²) in [6, 6.07) is 17.8. The number of benzene rings is 2. The van der Waals surface area contributed by atoms with Crippen LogP contribution < -0.4 is 0 Å². The average Bonchev–Trinajstić information content (AvgIpc) is 3.46. The molecule has 1 aliphatic carbocycles. The zero-order valence-electron chi connectivity index (χ0n) is 14.8. The highest BCUT2D eigenvalue weighted by molar-refractivity contribution is 9.10. The van der Waals surface area contributed by atoms with Crippen LogP contribution in [-0.2, 0) is 0 Å². The Morgan fingerprint density at radius 2 is 1.81 bits per heavy atom. The van der Waals surface area contributed by atoms with Crippen molar-refractivity contribution >= 4 is 33.5 Å². The second-order valence-electron chi connectivity index (χ2n) is 6.67. The normalized spacial score (nSPS) is 13.7. The zero-order valence-corrected chi connectivity index (χ0v) is 17.2. The summed E-state index contributed by atoms with van der Waals surface area (Å²) in [6.07, 6.45) is 3.75. The Morgan fingerprint density at radius 1 is 1.07 bits per heavy atom. The first kappa shape index (κ1) is 18.4. The molecule has 138 valence electrons. The lowest BCUT2D eigenvalue weighted by Crippen LogP contribution is -2.02. The maximum atomic E-state index is 12.3. The van der Waals surface area contributed by atoms with Gasteiger partial charge >= 0.3 is 0 Å². The minimum Gasteiger partial charge on any atom is -0.294 e. The molecule has 0 atom stereocenters. The van der Waals surface area contributed by atoms with Crippen LogP contribution in [0.1, 0.15) is 47.8 Å². The smallest absolute Gasteiger partial charge is 0.195 e. The third-order valence-electron chi connectivity index (χ3n) is 4.56. The van der Waals surface area contributed by atoms with Crippen molar-refractivity contribution in [2.75, 3.05) is 5.75 Å². The van der Waals surface area contributed by atoms with Crippen LogP contribution in [0.25, 0.3) is 5.69 Å². The summed E-state index contributed by atoms with van der Waals surface area (Å²) in [6.45, 7) is 0. The van der Waals surface area contributed by atoms with E-state index in [9.17, 15) is 4.79 Å². The van der Waals surface area contributed by atoms with Crippen molar-refractivity contribution < 1.29 is 4.79 Å². The number of aromatic nitrogens is 3. The Labute approximate surface area is 171 Å². The highest BCUT2D eigenvalue weighted by Gasteiger charge is 2.30. The van der Waals surface area contributed by atoms with Crippen LogP contribution in [0.4, 0.5) is 0 Å². The Kier molecular flexibility index (Phi) is 5.74. The largest absolute Gasteiger partial charge is 0.294 e. The number of hydrogen-bond donors (Lipinski definition) is 0. The van der Waals surface area contributed by atoms with Crippen molar-refractivity contribution in [2.24, 2.45) is 0 Å². The van der Waals surface area contributed by atoms with Gasteiger partial charge < -0.3 is 0 Å². The van der Waals surface area contributed by atoms with Gasteiger partial charge in [-0.15, -0.1) is 10.2 Å². The van der Waals surface area contributed by atoms with E-state index in [1.165, 1.54) is 12.8 Å². The molecule has 3 aromatic rings. The molecule has 2 aromatic carbocycles.